The lowest BCUT2D eigenvalue weighted by Gasteiger charge is -2.31. The van der Waals surface area contributed by atoms with Gasteiger partial charge in [0.2, 0.25) is 0 Å². The van der Waals surface area contributed by atoms with Crippen LogP contribution in [-0.4, -0.2) is 33.7 Å². The molecule has 3 heterocycles. The zero-order valence-corrected chi connectivity index (χ0v) is 13.3. The van der Waals surface area contributed by atoms with Crippen LogP contribution in [-0.2, 0) is 0 Å². The minimum atomic E-state index is 0.227. The Balaban J connectivity index is 1.78. The number of nitrogens with zero attached hydrogens (tertiary/aromatic N) is 4. The fourth-order valence-electron chi connectivity index (χ4n) is 3.30. The van der Waals surface area contributed by atoms with Crippen molar-refractivity contribution in [2.24, 2.45) is 5.73 Å². The van der Waals surface area contributed by atoms with Crippen LogP contribution in [0.2, 0.25) is 0 Å². The molecule has 1 atom stereocenters. The summed E-state index contributed by atoms with van der Waals surface area (Å²) < 4.78 is 1.92. The first kappa shape index (κ1) is 14.2. The number of fused-ring (bicyclic) bond motifs is 1. The SMILES string of the molecule is Cc1cccc(-c2cc3c(N4CCCC(N)C4)nccn3n2)c1. The molecule has 4 rings (SSSR count). The van der Waals surface area contributed by atoms with Gasteiger partial charge in [0.25, 0.3) is 0 Å². The normalized spacial score (nSPS) is 18.5. The van der Waals surface area contributed by atoms with E-state index < -0.39 is 0 Å². The number of aromatic nitrogens is 3. The van der Waals surface area contributed by atoms with Gasteiger partial charge < -0.3 is 10.6 Å². The van der Waals surface area contributed by atoms with E-state index in [2.05, 4.69) is 47.1 Å². The van der Waals surface area contributed by atoms with Crippen LogP contribution in [0.5, 0.6) is 0 Å². The summed E-state index contributed by atoms with van der Waals surface area (Å²) in [5, 5.41) is 4.72. The Kier molecular flexibility index (Phi) is 3.50. The van der Waals surface area contributed by atoms with Crippen molar-refractivity contribution in [2.75, 3.05) is 18.0 Å². The largest absolute Gasteiger partial charge is 0.353 e. The van der Waals surface area contributed by atoms with Crippen molar-refractivity contribution in [3.63, 3.8) is 0 Å². The van der Waals surface area contributed by atoms with Crippen molar-refractivity contribution < 1.29 is 0 Å². The van der Waals surface area contributed by atoms with Crippen molar-refractivity contribution in [2.45, 2.75) is 25.8 Å². The van der Waals surface area contributed by atoms with Gasteiger partial charge in [-0.3, -0.25) is 0 Å². The third-order valence-electron chi connectivity index (χ3n) is 4.44. The number of anilines is 1. The van der Waals surface area contributed by atoms with Crippen LogP contribution < -0.4 is 10.6 Å². The van der Waals surface area contributed by atoms with E-state index in [0.29, 0.717) is 0 Å². The number of aryl methyl sites for hydroxylation is 1. The number of hydrogen-bond donors (Lipinski definition) is 1. The Morgan fingerprint density at radius 1 is 1.26 bits per heavy atom. The van der Waals surface area contributed by atoms with E-state index in [-0.39, 0.29) is 6.04 Å². The van der Waals surface area contributed by atoms with Gasteiger partial charge >= 0.3 is 0 Å². The summed E-state index contributed by atoms with van der Waals surface area (Å²) in [7, 11) is 0. The molecule has 3 aromatic rings. The maximum atomic E-state index is 6.13. The van der Waals surface area contributed by atoms with Crippen LogP contribution in [0.4, 0.5) is 5.82 Å². The Hall–Kier alpha value is -2.40. The Labute approximate surface area is 135 Å². The van der Waals surface area contributed by atoms with Crippen LogP contribution in [0.25, 0.3) is 16.8 Å². The van der Waals surface area contributed by atoms with Gasteiger partial charge in [-0.2, -0.15) is 5.10 Å². The minimum Gasteiger partial charge on any atom is -0.353 e. The van der Waals surface area contributed by atoms with Crippen LogP contribution >= 0.6 is 0 Å². The first-order chi connectivity index (χ1) is 11.2. The topological polar surface area (TPSA) is 59.5 Å². The smallest absolute Gasteiger partial charge is 0.154 e. The molecule has 1 fully saturated rings. The monoisotopic (exact) mass is 307 g/mol. The van der Waals surface area contributed by atoms with Crippen molar-refractivity contribution in [3.05, 3.63) is 48.3 Å². The van der Waals surface area contributed by atoms with E-state index in [1.165, 1.54) is 5.56 Å². The highest BCUT2D eigenvalue weighted by atomic mass is 15.3. The maximum absolute atomic E-state index is 6.13. The molecular weight excluding hydrogens is 286 g/mol. The first-order valence-corrected chi connectivity index (χ1v) is 8.13. The van der Waals surface area contributed by atoms with Crippen LogP contribution in [0.3, 0.4) is 0 Å². The lowest BCUT2D eigenvalue weighted by atomic mass is 10.1. The highest BCUT2D eigenvalue weighted by molar-refractivity contribution is 5.75. The second-order valence-corrected chi connectivity index (χ2v) is 6.33. The molecule has 2 N–H and O–H groups in total. The van der Waals surface area contributed by atoms with Gasteiger partial charge in [-0.1, -0.05) is 23.8 Å². The van der Waals surface area contributed by atoms with Crippen molar-refractivity contribution in [1.29, 1.82) is 0 Å². The number of hydrogen-bond acceptors (Lipinski definition) is 4. The number of nitrogens with two attached hydrogens (primary N) is 1. The number of rotatable bonds is 2. The number of piperidine rings is 1. The molecule has 23 heavy (non-hydrogen) atoms. The molecule has 5 nitrogen and oxygen atoms in total. The predicted molar refractivity (Wildman–Crippen MR) is 92.6 cm³/mol. The summed E-state index contributed by atoms with van der Waals surface area (Å²) in [4.78, 5) is 6.88. The van der Waals surface area contributed by atoms with Crippen molar-refractivity contribution in [3.8, 4) is 11.3 Å². The third kappa shape index (κ3) is 2.68. The fourth-order valence-corrected chi connectivity index (χ4v) is 3.30. The molecule has 0 spiro atoms. The maximum Gasteiger partial charge on any atom is 0.154 e. The average Bonchev–Trinajstić information content (AvgIpc) is 2.99. The Morgan fingerprint density at radius 2 is 2.17 bits per heavy atom. The van der Waals surface area contributed by atoms with Gasteiger partial charge in [0.1, 0.15) is 5.52 Å². The molecule has 0 bridgehead atoms. The summed E-state index contributed by atoms with van der Waals surface area (Å²) >= 11 is 0. The molecule has 0 radical (unpaired) electrons. The van der Waals surface area contributed by atoms with Gasteiger partial charge in [-0.05, 0) is 31.9 Å². The molecule has 0 amide bonds. The second kappa shape index (κ2) is 5.66. The predicted octanol–water partition coefficient (Wildman–Crippen LogP) is 2.63. The van der Waals surface area contributed by atoms with Crippen molar-refractivity contribution in [1.82, 2.24) is 14.6 Å². The minimum absolute atomic E-state index is 0.227. The highest BCUT2D eigenvalue weighted by Gasteiger charge is 2.20. The van der Waals surface area contributed by atoms with E-state index in [4.69, 9.17) is 10.8 Å². The molecule has 5 heteroatoms. The quantitative estimate of drug-likeness (QED) is 0.790. The molecule has 0 aliphatic carbocycles. The molecule has 1 aliphatic heterocycles. The Bertz CT molecular complexity index is 838. The summed E-state index contributed by atoms with van der Waals surface area (Å²) in [6.45, 7) is 3.96. The van der Waals surface area contributed by atoms with Gasteiger partial charge in [0, 0.05) is 37.1 Å². The lowest BCUT2D eigenvalue weighted by molar-refractivity contribution is 0.503. The van der Waals surface area contributed by atoms with Crippen LogP contribution in [0, 0.1) is 6.92 Å². The van der Waals surface area contributed by atoms with Gasteiger partial charge in [0.05, 0.1) is 5.69 Å². The molecule has 1 aliphatic rings. The van der Waals surface area contributed by atoms with E-state index >= 15 is 0 Å². The number of benzene rings is 1. The summed E-state index contributed by atoms with van der Waals surface area (Å²) in [5.74, 6) is 0.981. The zero-order chi connectivity index (χ0) is 15.8. The Morgan fingerprint density at radius 3 is 3.00 bits per heavy atom. The van der Waals surface area contributed by atoms with E-state index in [1.54, 1.807) is 0 Å². The molecule has 1 saturated heterocycles. The standard InChI is InChI=1S/C18H21N5/c1-13-4-2-5-14(10-13)16-11-17-18(20-7-9-23(17)21-16)22-8-3-6-15(19)12-22/h2,4-5,7,9-11,15H,3,6,8,12,19H2,1H3. The molecule has 118 valence electrons. The second-order valence-electron chi connectivity index (χ2n) is 6.33. The van der Waals surface area contributed by atoms with Gasteiger partial charge in [0.15, 0.2) is 5.82 Å². The van der Waals surface area contributed by atoms with E-state index in [1.807, 2.05) is 16.9 Å². The van der Waals surface area contributed by atoms with Gasteiger partial charge in [-0.15, -0.1) is 0 Å². The third-order valence-corrected chi connectivity index (χ3v) is 4.44. The fraction of sp³-hybridized carbons (Fsp3) is 0.333. The van der Waals surface area contributed by atoms with E-state index in [9.17, 15) is 0 Å². The van der Waals surface area contributed by atoms with Crippen LogP contribution in [0.15, 0.2) is 42.7 Å². The zero-order valence-electron chi connectivity index (χ0n) is 13.3. The molecule has 1 aromatic carbocycles. The molecular formula is C18H21N5. The first-order valence-electron chi connectivity index (χ1n) is 8.13. The molecule has 2 aromatic heterocycles. The summed E-state index contributed by atoms with van der Waals surface area (Å²) in [5.41, 5.74) is 10.5. The lowest BCUT2D eigenvalue weighted by Crippen LogP contribution is -2.43. The molecule has 0 saturated carbocycles. The van der Waals surface area contributed by atoms with Crippen LogP contribution in [0.1, 0.15) is 18.4 Å². The van der Waals surface area contributed by atoms with Gasteiger partial charge in [-0.25, -0.2) is 9.50 Å². The van der Waals surface area contributed by atoms with Crippen molar-refractivity contribution >= 4 is 11.3 Å². The van der Waals surface area contributed by atoms with E-state index in [0.717, 1.165) is 48.5 Å². The average molecular weight is 307 g/mol. The highest BCUT2D eigenvalue weighted by Crippen LogP contribution is 2.27. The molecule has 1 unspecified atom stereocenters. The summed E-state index contributed by atoms with van der Waals surface area (Å²) in [6.07, 6.45) is 5.92. The summed E-state index contributed by atoms with van der Waals surface area (Å²) in [6, 6.07) is 10.8.